The number of carbonyl (C=O) groups is 1. The molecule has 0 spiro atoms. The number of hydrogen-bond donors (Lipinski definition) is 2. The SMILES string of the molecule is N#Cc1c(NC(=O)CSc2nnc(NC3CC3)s2)sc2c1CCC2. The Morgan fingerprint density at radius 1 is 1.33 bits per heavy atom. The number of hydrogen-bond acceptors (Lipinski definition) is 8. The fraction of sp³-hybridized carbons (Fsp3) is 0.467. The highest BCUT2D eigenvalue weighted by Crippen LogP contribution is 2.38. The molecule has 0 aliphatic heterocycles. The molecule has 6 nitrogen and oxygen atoms in total. The van der Waals surface area contributed by atoms with Crippen LogP contribution in [-0.4, -0.2) is 27.9 Å². The number of thiophene rings is 1. The van der Waals surface area contributed by atoms with Crippen molar-refractivity contribution in [3.63, 3.8) is 0 Å². The Morgan fingerprint density at radius 2 is 2.21 bits per heavy atom. The van der Waals surface area contributed by atoms with E-state index in [2.05, 4.69) is 26.9 Å². The topological polar surface area (TPSA) is 90.7 Å². The molecule has 0 bridgehead atoms. The molecule has 24 heavy (non-hydrogen) atoms. The van der Waals surface area contributed by atoms with Crippen LogP contribution in [-0.2, 0) is 17.6 Å². The summed E-state index contributed by atoms with van der Waals surface area (Å²) in [5, 5.41) is 25.2. The number of thioether (sulfide) groups is 1. The van der Waals surface area contributed by atoms with Crippen LogP contribution < -0.4 is 10.6 Å². The van der Waals surface area contributed by atoms with Gasteiger partial charge >= 0.3 is 0 Å². The van der Waals surface area contributed by atoms with Gasteiger partial charge in [-0.2, -0.15) is 5.26 Å². The number of rotatable bonds is 6. The highest BCUT2D eigenvalue weighted by molar-refractivity contribution is 8.01. The van der Waals surface area contributed by atoms with Crippen LogP contribution in [0.5, 0.6) is 0 Å². The lowest BCUT2D eigenvalue weighted by Crippen LogP contribution is -2.13. The first kappa shape index (κ1) is 15.9. The fourth-order valence-electron chi connectivity index (χ4n) is 2.63. The van der Waals surface area contributed by atoms with E-state index in [1.165, 1.54) is 40.8 Å². The van der Waals surface area contributed by atoms with Crippen molar-refractivity contribution in [1.82, 2.24) is 10.2 Å². The van der Waals surface area contributed by atoms with E-state index in [0.717, 1.165) is 34.3 Å². The van der Waals surface area contributed by atoms with E-state index in [9.17, 15) is 10.1 Å². The maximum absolute atomic E-state index is 12.2. The number of fused-ring (bicyclic) bond motifs is 1. The summed E-state index contributed by atoms with van der Waals surface area (Å²) in [6.45, 7) is 0. The summed E-state index contributed by atoms with van der Waals surface area (Å²) in [7, 11) is 0. The molecule has 2 aromatic rings. The van der Waals surface area contributed by atoms with Crippen LogP contribution in [0, 0.1) is 11.3 Å². The van der Waals surface area contributed by atoms with Crippen LogP contribution in [0.4, 0.5) is 10.1 Å². The number of nitrogens with one attached hydrogen (secondary N) is 2. The van der Waals surface area contributed by atoms with Crippen LogP contribution in [0.3, 0.4) is 0 Å². The Morgan fingerprint density at radius 3 is 3.00 bits per heavy atom. The smallest absolute Gasteiger partial charge is 0.235 e. The number of carbonyl (C=O) groups excluding carboxylic acids is 1. The Labute approximate surface area is 151 Å². The number of nitrogens with zero attached hydrogens (tertiary/aromatic N) is 3. The molecule has 0 unspecified atom stereocenters. The quantitative estimate of drug-likeness (QED) is 0.751. The Bertz CT molecular complexity index is 818. The molecule has 124 valence electrons. The van der Waals surface area contributed by atoms with Gasteiger partial charge in [-0.3, -0.25) is 4.79 Å². The maximum Gasteiger partial charge on any atom is 0.235 e. The van der Waals surface area contributed by atoms with E-state index in [4.69, 9.17) is 0 Å². The van der Waals surface area contributed by atoms with Crippen LogP contribution in [0.25, 0.3) is 0 Å². The van der Waals surface area contributed by atoms with Gasteiger partial charge in [-0.15, -0.1) is 21.5 Å². The molecule has 0 radical (unpaired) electrons. The first-order valence-corrected chi connectivity index (χ1v) is 10.4. The molecule has 1 saturated carbocycles. The minimum atomic E-state index is -0.108. The molecule has 1 fully saturated rings. The summed E-state index contributed by atoms with van der Waals surface area (Å²) < 4.78 is 0.780. The zero-order valence-electron chi connectivity index (χ0n) is 12.8. The van der Waals surface area contributed by atoms with Crippen molar-refractivity contribution in [1.29, 1.82) is 5.26 Å². The highest BCUT2D eigenvalue weighted by Gasteiger charge is 2.24. The summed E-state index contributed by atoms with van der Waals surface area (Å²) in [5.41, 5.74) is 1.78. The molecule has 2 N–H and O–H groups in total. The predicted molar refractivity (Wildman–Crippen MR) is 97.0 cm³/mol. The van der Waals surface area contributed by atoms with Crippen LogP contribution in [0.1, 0.15) is 35.3 Å². The average molecular weight is 378 g/mol. The second kappa shape index (κ2) is 6.70. The Kier molecular flexibility index (Phi) is 4.43. The molecular formula is C15H15N5OS3. The zero-order valence-corrected chi connectivity index (χ0v) is 15.2. The van der Waals surface area contributed by atoms with Crippen molar-refractivity contribution in [3.8, 4) is 6.07 Å². The second-order valence-corrected chi connectivity index (χ2v) is 9.11. The lowest BCUT2D eigenvalue weighted by Gasteiger charge is -2.02. The van der Waals surface area contributed by atoms with Gasteiger partial charge in [0.15, 0.2) is 4.34 Å². The predicted octanol–water partition coefficient (Wildman–Crippen LogP) is 3.27. The third-order valence-electron chi connectivity index (χ3n) is 3.92. The van der Waals surface area contributed by atoms with Crippen molar-refractivity contribution >= 4 is 50.5 Å². The normalized spacial score (nSPS) is 15.8. The van der Waals surface area contributed by atoms with E-state index in [1.807, 2.05) is 0 Å². The Hall–Kier alpha value is -1.63. The number of anilines is 2. The van der Waals surface area contributed by atoms with E-state index >= 15 is 0 Å². The molecule has 9 heteroatoms. The zero-order chi connectivity index (χ0) is 16.5. The van der Waals surface area contributed by atoms with Gasteiger partial charge in [-0.25, -0.2) is 0 Å². The standard InChI is InChI=1S/C15H15N5OS3/c16-6-10-9-2-1-3-11(9)23-13(10)18-12(21)7-22-15-20-19-14(24-15)17-8-4-5-8/h8H,1-5,7H2,(H,17,19)(H,18,21). The van der Waals surface area contributed by atoms with E-state index < -0.39 is 0 Å². The van der Waals surface area contributed by atoms with Crippen molar-refractivity contribution in [2.75, 3.05) is 16.4 Å². The average Bonchev–Trinajstić information content (AvgIpc) is 2.95. The number of amides is 1. The van der Waals surface area contributed by atoms with Gasteiger partial charge in [-0.05, 0) is 37.7 Å². The van der Waals surface area contributed by atoms with Gasteiger partial charge in [0.25, 0.3) is 0 Å². The molecule has 4 rings (SSSR count). The van der Waals surface area contributed by atoms with Crippen LogP contribution in [0.2, 0.25) is 0 Å². The largest absolute Gasteiger partial charge is 0.357 e. The molecule has 2 aliphatic rings. The summed E-state index contributed by atoms with van der Waals surface area (Å²) in [5.74, 6) is 0.161. The Balaban J connectivity index is 1.33. The van der Waals surface area contributed by atoms with Gasteiger partial charge in [0.1, 0.15) is 11.1 Å². The summed E-state index contributed by atoms with van der Waals surface area (Å²) in [6.07, 6.45) is 5.45. The molecule has 2 aromatic heterocycles. The fourth-order valence-corrected chi connectivity index (χ4v) is 5.51. The summed E-state index contributed by atoms with van der Waals surface area (Å²) in [4.78, 5) is 13.4. The molecule has 1 amide bonds. The molecule has 0 aromatic carbocycles. The monoisotopic (exact) mass is 377 g/mol. The molecule has 0 atom stereocenters. The summed E-state index contributed by atoms with van der Waals surface area (Å²) >= 11 is 4.39. The second-order valence-electron chi connectivity index (χ2n) is 5.80. The lowest BCUT2D eigenvalue weighted by molar-refractivity contribution is -0.113. The van der Waals surface area contributed by atoms with Crippen molar-refractivity contribution in [2.45, 2.75) is 42.5 Å². The number of nitriles is 1. The third kappa shape index (κ3) is 3.41. The van der Waals surface area contributed by atoms with Crippen molar-refractivity contribution in [2.24, 2.45) is 0 Å². The maximum atomic E-state index is 12.2. The molecular weight excluding hydrogens is 362 g/mol. The molecule has 0 saturated heterocycles. The third-order valence-corrected chi connectivity index (χ3v) is 7.12. The molecule has 2 heterocycles. The van der Waals surface area contributed by atoms with Gasteiger partial charge in [0.05, 0.1) is 11.3 Å². The minimum Gasteiger partial charge on any atom is -0.357 e. The van der Waals surface area contributed by atoms with Gasteiger partial charge in [-0.1, -0.05) is 23.1 Å². The first-order valence-electron chi connectivity index (χ1n) is 7.80. The number of aromatic nitrogens is 2. The van der Waals surface area contributed by atoms with E-state index in [-0.39, 0.29) is 11.7 Å². The minimum absolute atomic E-state index is 0.108. The van der Waals surface area contributed by atoms with E-state index in [0.29, 0.717) is 16.6 Å². The van der Waals surface area contributed by atoms with Crippen LogP contribution in [0.15, 0.2) is 4.34 Å². The van der Waals surface area contributed by atoms with Gasteiger partial charge < -0.3 is 10.6 Å². The highest BCUT2D eigenvalue weighted by atomic mass is 32.2. The summed E-state index contributed by atoms with van der Waals surface area (Å²) in [6, 6.07) is 2.79. The lowest BCUT2D eigenvalue weighted by atomic mass is 10.1. The van der Waals surface area contributed by atoms with Gasteiger partial charge in [0.2, 0.25) is 11.0 Å². The van der Waals surface area contributed by atoms with Crippen molar-refractivity contribution in [3.05, 3.63) is 16.0 Å². The van der Waals surface area contributed by atoms with Crippen LogP contribution >= 0.6 is 34.4 Å². The van der Waals surface area contributed by atoms with Gasteiger partial charge in [0, 0.05) is 10.9 Å². The van der Waals surface area contributed by atoms with Crippen molar-refractivity contribution < 1.29 is 4.79 Å². The number of aryl methyl sites for hydroxylation is 1. The molecule has 2 aliphatic carbocycles. The first-order chi connectivity index (χ1) is 11.7. The van der Waals surface area contributed by atoms with E-state index in [1.54, 1.807) is 11.3 Å².